The van der Waals surface area contributed by atoms with E-state index in [-0.39, 0.29) is 19.5 Å². The molecule has 0 heterocycles. The predicted octanol–water partition coefficient (Wildman–Crippen LogP) is 5.03. The zero-order valence-corrected chi connectivity index (χ0v) is 13.1. The molecule has 0 nitrogen and oxygen atoms in total. The zero-order chi connectivity index (χ0) is 15.2. The van der Waals surface area contributed by atoms with Gasteiger partial charge in [0.25, 0.3) is 0 Å². The van der Waals surface area contributed by atoms with E-state index in [0.717, 1.165) is 0 Å². The molecule has 0 spiro atoms. The van der Waals surface area contributed by atoms with Crippen LogP contribution in [0.4, 0.5) is 39.5 Å². The van der Waals surface area contributed by atoms with Crippen LogP contribution in [0.25, 0.3) is 0 Å². The van der Waals surface area contributed by atoms with Crippen molar-refractivity contribution in [1.82, 2.24) is 0 Å². The summed E-state index contributed by atoms with van der Waals surface area (Å²) in [5.41, 5.74) is -6.21. The van der Waals surface area contributed by atoms with Gasteiger partial charge in [0.2, 0.25) is 0 Å². The summed E-state index contributed by atoms with van der Waals surface area (Å²) >= 11 is 3.03. The first-order valence-electron chi connectivity index (χ1n) is 4.33. The molecule has 0 N–H and O–H groups in total. The average Bonchev–Trinajstić information content (AvgIpc) is 2.11. The van der Waals surface area contributed by atoms with Crippen molar-refractivity contribution in [3.8, 4) is 0 Å². The van der Waals surface area contributed by atoms with E-state index in [1.54, 1.807) is 0 Å². The van der Waals surface area contributed by atoms with Crippen LogP contribution in [0.15, 0.2) is 17.0 Å². The van der Waals surface area contributed by atoms with Gasteiger partial charge < -0.3 is 0 Å². The molecule has 20 heavy (non-hydrogen) atoms. The summed E-state index contributed by atoms with van der Waals surface area (Å²) in [6.07, 6.45) is -16.1. The SMILES string of the molecule is FC(F)(F)c1cc(C(F)(F)F)c(S)c(C(F)(F)F)c1.[Zn]. The van der Waals surface area contributed by atoms with Crippen molar-refractivity contribution in [2.24, 2.45) is 0 Å². The van der Waals surface area contributed by atoms with Crippen LogP contribution in [0.2, 0.25) is 0 Å². The van der Waals surface area contributed by atoms with Crippen LogP contribution in [0.5, 0.6) is 0 Å². The number of halogens is 9. The Morgan fingerprint density at radius 3 is 1.15 bits per heavy atom. The smallest absolute Gasteiger partial charge is 0.166 e. The van der Waals surface area contributed by atoms with Gasteiger partial charge in [0.15, 0.2) is 0 Å². The third kappa shape index (κ3) is 4.28. The Morgan fingerprint density at radius 2 is 0.950 bits per heavy atom. The molecule has 0 bridgehead atoms. The Morgan fingerprint density at radius 1 is 0.650 bits per heavy atom. The standard InChI is InChI=1S/C9H3F9S.Zn/c10-7(11,12)3-1-4(8(13,14)15)6(19)5(2-3)9(16,17)18;/h1-2,19H;. The first-order chi connectivity index (χ1) is 8.24. The summed E-state index contributed by atoms with van der Waals surface area (Å²) in [6, 6.07) is -0.810. The predicted molar refractivity (Wildman–Crippen MR) is 48.7 cm³/mol. The molecule has 0 aromatic heterocycles. The van der Waals surface area contributed by atoms with Crippen LogP contribution in [-0.4, -0.2) is 0 Å². The maximum atomic E-state index is 12.4. The van der Waals surface area contributed by atoms with Crippen LogP contribution in [-0.2, 0) is 38.0 Å². The van der Waals surface area contributed by atoms with Crippen molar-refractivity contribution in [2.45, 2.75) is 23.4 Å². The molecule has 0 saturated carbocycles. The van der Waals surface area contributed by atoms with Gasteiger partial charge in [-0.25, -0.2) is 0 Å². The Labute approximate surface area is 124 Å². The molecule has 0 atom stereocenters. The maximum absolute atomic E-state index is 12.4. The summed E-state index contributed by atoms with van der Waals surface area (Å²) in [5, 5.41) is 0. The van der Waals surface area contributed by atoms with E-state index < -0.39 is 52.2 Å². The third-order valence-electron chi connectivity index (χ3n) is 2.05. The molecule has 0 aliphatic rings. The second-order valence-corrected chi connectivity index (χ2v) is 3.86. The molecule has 0 aliphatic carbocycles. The second kappa shape index (κ2) is 5.75. The summed E-state index contributed by atoms with van der Waals surface area (Å²) in [4.78, 5) is -1.59. The Kier molecular flexibility index (Phi) is 5.62. The summed E-state index contributed by atoms with van der Waals surface area (Å²) < 4.78 is 111. The largest absolute Gasteiger partial charge is 0.417 e. The quantitative estimate of drug-likeness (QED) is 0.365. The van der Waals surface area contributed by atoms with Gasteiger partial charge in [-0.1, -0.05) is 0 Å². The van der Waals surface area contributed by atoms with Crippen molar-refractivity contribution < 1.29 is 59.0 Å². The molecule has 1 rings (SSSR count). The molecule has 11 heteroatoms. The first-order valence-corrected chi connectivity index (χ1v) is 4.78. The minimum absolute atomic E-state index is 0. The Balaban J connectivity index is 0.00000361. The van der Waals surface area contributed by atoms with Crippen LogP contribution in [0.3, 0.4) is 0 Å². The molecule has 0 aliphatic heterocycles. The number of rotatable bonds is 0. The van der Waals surface area contributed by atoms with Crippen LogP contribution in [0.1, 0.15) is 16.7 Å². The van der Waals surface area contributed by atoms with Gasteiger partial charge in [-0.2, -0.15) is 39.5 Å². The van der Waals surface area contributed by atoms with E-state index in [0.29, 0.717) is 0 Å². The molecular formula is C9H3F9SZn. The molecular weight excluding hydrogens is 377 g/mol. The molecule has 1 aromatic carbocycles. The van der Waals surface area contributed by atoms with Crippen molar-refractivity contribution >= 4 is 12.6 Å². The number of alkyl halides is 9. The van der Waals surface area contributed by atoms with Gasteiger partial charge in [0, 0.05) is 24.4 Å². The fraction of sp³-hybridized carbons (Fsp3) is 0.333. The summed E-state index contributed by atoms with van der Waals surface area (Å²) in [5.74, 6) is 0. The van der Waals surface area contributed by atoms with E-state index in [2.05, 4.69) is 12.6 Å². The van der Waals surface area contributed by atoms with Crippen LogP contribution >= 0.6 is 12.6 Å². The average molecular weight is 380 g/mol. The molecule has 1 aromatic rings. The summed E-state index contributed by atoms with van der Waals surface area (Å²) in [6.45, 7) is 0. The molecule has 110 valence electrons. The summed E-state index contributed by atoms with van der Waals surface area (Å²) in [7, 11) is 0. The van der Waals surface area contributed by atoms with E-state index in [4.69, 9.17) is 0 Å². The van der Waals surface area contributed by atoms with E-state index >= 15 is 0 Å². The molecule has 0 saturated heterocycles. The topological polar surface area (TPSA) is 0 Å². The molecule has 0 amide bonds. The van der Waals surface area contributed by atoms with Gasteiger partial charge in [0.05, 0.1) is 16.7 Å². The van der Waals surface area contributed by atoms with Crippen LogP contribution < -0.4 is 0 Å². The minimum atomic E-state index is -5.38. The van der Waals surface area contributed by atoms with Crippen molar-refractivity contribution in [3.05, 3.63) is 28.8 Å². The Hall–Kier alpha value is -0.437. The molecule has 0 unspecified atom stereocenters. The fourth-order valence-electron chi connectivity index (χ4n) is 1.23. The minimum Gasteiger partial charge on any atom is -0.166 e. The Bertz CT molecular complexity index is 451. The number of hydrogen-bond donors (Lipinski definition) is 1. The van der Waals surface area contributed by atoms with E-state index in [1.165, 1.54) is 0 Å². The van der Waals surface area contributed by atoms with Crippen LogP contribution in [0, 0.1) is 0 Å². The molecule has 0 fully saturated rings. The third-order valence-corrected chi connectivity index (χ3v) is 2.53. The van der Waals surface area contributed by atoms with Gasteiger partial charge in [0.1, 0.15) is 0 Å². The fourth-order valence-corrected chi connectivity index (χ4v) is 1.61. The van der Waals surface area contributed by atoms with Gasteiger partial charge in [-0.15, -0.1) is 12.6 Å². The zero-order valence-electron chi connectivity index (χ0n) is 9.21. The van der Waals surface area contributed by atoms with E-state index in [9.17, 15) is 39.5 Å². The van der Waals surface area contributed by atoms with Gasteiger partial charge >= 0.3 is 18.5 Å². The first kappa shape index (κ1) is 19.6. The van der Waals surface area contributed by atoms with Crippen molar-refractivity contribution in [2.75, 3.05) is 0 Å². The number of thiol groups is 1. The molecule has 0 radical (unpaired) electrons. The van der Waals surface area contributed by atoms with E-state index in [1.807, 2.05) is 0 Å². The van der Waals surface area contributed by atoms with Crippen molar-refractivity contribution in [1.29, 1.82) is 0 Å². The second-order valence-electron chi connectivity index (χ2n) is 3.41. The maximum Gasteiger partial charge on any atom is 0.417 e. The number of hydrogen-bond acceptors (Lipinski definition) is 1. The van der Waals surface area contributed by atoms with Crippen molar-refractivity contribution in [3.63, 3.8) is 0 Å². The van der Waals surface area contributed by atoms with Gasteiger partial charge in [-0.3, -0.25) is 0 Å². The normalized spacial score (nSPS) is 13.1. The monoisotopic (exact) mass is 378 g/mol. The van der Waals surface area contributed by atoms with Gasteiger partial charge in [-0.05, 0) is 12.1 Å². The number of benzene rings is 1.